The highest BCUT2D eigenvalue weighted by atomic mass is 16.4. The normalized spacial score (nSPS) is 11.5. The maximum Gasteiger partial charge on any atom is 0.354 e. The van der Waals surface area contributed by atoms with Crippen molar-refractivity contribution in [1.82, 2.24) is 29.4 Å². The van der Waals surface area contributed by atoms with Crippen LogP contribution in [0.3, 0.4) is 0 Å². The summed E-state index contributed by atoms with van der Waals surface area (Å²) in [6, 6.07) is 3.46. The van der Waals surface area contributed by atoms with E-state index in [0.29, 0.717) is 17.0 Å². The molecule has 0 atom stereocenters. The van der Waals surface area contributed by atoms with Crippen molar-refractivity contribution in [2.24, 2.45) is 7.05 Å². The second-order valence-corrected chi connectivity index (χ2v) is 6.15. The van der Waals surface area contributed by atoms with Gasteiger partial charge in [-0.3, -0.25) is 4.68 Å². The average molecular weight is 336 g/mol. The quantitative estimate of drug-likeness (QED) is 0.603. The molecule has 0 radical (unpaired) electrons. The Morgan fingerprint density at radius 3 is 2.52 bits per heavy atom. The van der Waals surface area contributed by atoms with Crippen LogP contribution in [-0.4, -0.2) is 40.4 Å². The number of nitrogens with zero attached hydrogens (tertiary/aromatic N) is 6. The number of fused-ring (bicyclic) bond motifs is 3. The number of aromatic carboxylic acids is 1. The van der Waals surface area contributed by atoms with Crippen molar-refractivity contribution in [3.05, 3.63) is 41.0 Å². The van der Waals surface area contributed by atoms with Gasteiger partial charge in [-0.25, -0.2) is 19.3 Å². The number of pyridine rings is 1. The first-order chi connectivity index (χ1) is 11.8. The van der Waals surface area contributed by atoms with Gasteiger partial charge in [0.2, 0.25) is 0 Å². The molecular formula is C17H16N6O2. The van der Waals surface area contributed by atoms with Crippen molar-refractivity contribution in [3.8, 4) is 11.3 Å². The van der Waals surface area contributed by atoms with Crippen LogP contribution in [0.2, 0.25) is 0 Å². The number of carboxylic acids is 1. The Balaban J connectivity index is 2.15. The molecule has 0 bridgehead atoms. The molecule has 25 heavy (non-hydrogen) atoms. The number of carboxylic acid groups (broad SMARTS) is 1. The Morgan fingerprint density at radius 1 is 1.12 bits per heavy atom. The third-order valence-electron chi connectivity index (χ3n) is 4.18. The lowest BCUT2D eigenvalue weighted by Crippen LogP contribution is -2.08. The van der Waals surface area contributed by atoms with Crippen molar-refractivity contribution < 1.29 is 9.90 Å². The number of carbonyl (C=O) groups is 1. The van der Waals surface area contributed by atoms with E-state index >= 15 is 0 Å². The summed E-state index contributed by atoms with van der Waals surface area (Å²) in [6.07, 6.45) is 1.83. The molecule has 0 aliphatic carbocycles. The molecule has 4 aromatic rings. The fourth-order valence-corrected chi connectivity index (χ4v) is 3.16. The van der Waals surface area contributed by atoms with E-state index in [4.69, 9.17) is 0 Å². The van der Waals surface area contributed by atoms with Crippen LogP contribution in [0, 0.1) is 20.8 Å². The van der Waals surface area contributed by atoms with Crippen LogP contribution in [0.4, 0.5) is 0 Å². The number of rotatable bonds is 2. The van der Waals surface area contributed by atoms with Gasteiger partial charge in [0.1, 0.15) is 0 Å². The van der Waals surface area contributed by atoms with Gasteiger partial charge < -0.3 is 5.11 Å². The first-order valence-electron chi connectivity index (χ1n) is 7.77. The highest BCUT2D eigenvalue weighted by molar-refractivity contribution is 5.96. The van der Waals surface area contributed by atoms with E-state index < -0.39 is 5.97 Å². The molecule has 0 aromatic carbocycles. The van der Waals surface area contributed by atoms with Gasteiger partial charge in [-0.15, -0.1) is 5.10 Å². The summed E-state index contributed by atoms with van der Waals surface area (Å²) in [5, 5.41) is 19.1. The summed E-state index contributed by atoms with van der Waals surface area (Å²) in [4.78, 5) is 20.9. The smallest absolute Gasteiger partial charge is 0.354 e. The number of hydrogen-bond donors (Lipinski definition) is 1. The molecule has 0 aliphatic heterocycles. The first-order valence-corrected chi connectivity index (χ1v) is 7.77. The fraction of sp³-hybridized carbons (Fsp3) is 0.235. The number of aryl methyl sites for hydroxylation is 4. The van der Waals surface area contributed by atoms with Crippen LogP contribution in [0.15, 0.2) is 18.3 Å². The van der Waals surface area contributed by atoms with E-state index in [1.807, 2.05) is 40.1 Å². The molecule has 0 saturated carbocycles. The Labute approximate surface area is 142 Å². The lowest BCUT2D eigenvalue weighted by Gasteiger charge is -2.04. The zero-order chi connectivity index (χ0) is 17.9. The summed E-state index contributed by atoms with van der Waals surface area (Å²) in [6.45, 7) is 5.70. The van der Waals surface area contributed by atoms with Gasteiger partial charge in [-0.2, -0.15) is 5.10 Å². The predicted octanol–water partition coefficient (Wildman–Crippen LogP) is 2.30. The van der Waals surface area contributed by atoms with E-state index in [2.05, 4.69) is 20.2 Å². The minimum atomic E-state index is -1.07. The molecule has 0 unspecified atom stereocenters. The SMILES string of the molecule is Cc1cc(C)c2c(n1)nn1c(C(=O)O)cc(-c3cn(C)nc3C)nc21. The Hall–Kier alpha value is -3.29. The van der Waals surface area contributed by atoms with Gasteiger partial charge >= 0.3 is 5.97 Å². The molecule has 8 nitrogen and oxygen atoms in total. The molecule has 0 fully saturated rings. The van der Waals surface area contributed by atoms with Gasteiger partial charge in [-0.05, 0) is 38.5 Å². The minimum Gasteiger partial charge on any atom is -0.477 e. The molecule has 8 heteroatoms. The highest BCUT2D eigenvalue weighted by Gasteiger charge is 2.20. The summed E-state index contributed by atoms with van der Waals surface area (Å²) >= 11 is 0. The molecule has 4 aromatic heterocycles. The fourth-order valence-electron chi connectivity index (χ4n) is 3.16. The van der Waals surface area contributed by atoms with Gasteiger partial charge in [0, 0.05) is 24.5 Å². The summed E-state index contributed by atoms with van der Waals surface area (Å²) in [5.41, 5.74) is 4.93. The lowest BCUT2D eigenvalue weighted by molar-refractivity contribution is 0.0687. The van der Waals surface area contributed by atoms with E-state index in [9.17, 15) is 9.90 Å². The van der Waals surface area contributed by atoms with E-state index in [1.165, 1.54) is 10.6 Å². The molecule has 126 valence electrons. The molecule has 0 spiro atoms. The Kier molecular flexibility index (Phi) is 3.11. The average Bonchev–Trinajstić information content (AvgIpc) is 3.05. The topological polar surface area (TPSA) is 98.2 Å². The number of hydrogen-bond acceptors (Lipinski definition) is 5. The maximum atomic E-state index is 11.8. The van der Waals surface area contributed by atoms with Crippen LogP contribution in [0.5, 0.6) is 0 Å². The van der Waals surface area contributed by atoms with Crippen LogP contribution >= 0.6 is 0 Å². The Morgan fingerprint density at radius 2 is 1.88 bits per heavy atom. The van der Waals surface area contributed by atoms with Gasteiger partial charge in [0.05, 0.1) is 16.8 Å². The predicted molar refractivity (Wildman–Crippen MR) is 91.7 cm³/mol. The zero-order valence-corrected chi connectivity index (χ0v) is 14.3. The third-order valence-corrected chi connectivity index (χ3v) is 4.18. The van der Waals surface area contributed by atoms with E-state index in [0.717, 1.165) is 27.9 Å². The summed E-state index contributed by atoms with van der Waals surface area (Å²) < 4.78 is 3.03. The largest absolute Gasteiger partial charge is 0.477 e. The minimum absolute atomic E-state index is 0.0401. The monoisotopic (exact) mass is 336 g/mol. The maximum absolute atomic E-state index is 11.8. The Bertz CT molecular complexity index is 1170. The second kappa shape index (κ2) is 5.10. The third kappa shape index (κ3) is 2.25. The number of aromatic nitrogens is 6. The van der Waals surface area contributed by atoms with Gasteiger partial charge in [0.25, 0.3) is 0 Å². The van der Waals surface area contributed by atoms with Crippen LogP contribution in [-0.2, 0) is 7.05 Å². The molecule has 0 saturated heterocycles. The molecule has 4 rings (SSSR count). The highest BCUT2D eigenvalue weighted by Crippen LogP contribution is 2.27. The van der Waals surface area contributed by atoms with E-state index in [1.54, 1.807) is 4.68 Å². The van der Waals surface area contributed by atoms with E-state index in [-0.39, 0.29) is 5.69 Å². The molecular weight excluding hydrogens is 320 g/mol. The standard InChI is InChI=1S/C17H16N6O2/c1-8-5-9(2)18-15-14(8)16-19-12(11-7-22(4)20-10(11)3)6-13(17(24)25)23(16)21-15/h5-7H,1-4H3,(H,24,25). The molecule has 0 amide bonds. The molecule has 4 heterocycles. The van der Waals surface area contributed by atoms with Crippen LogP contribution in [0.1, 0.15) is 27.4 Å². The van der Waals surface area contributed by atoms with Crippen LogP contribution < -0.4 is 0 Å². The lowest BCUT2D eigenvalue weighted by atomic mass is 10.1. The van der Waals surface area contributed by atoms with Crippen molar-refractivity contribution in [1.29, 1.82) is 0 Å². The van der Waals surface area contributed by atoms with Gasteiger partial charge in [0.15, 0.2) is 17.0 Å². The van der Waals surface area contributed by atoms with Crippen molar-refractivity contribution >= 4 is 22.6 Å². The first kappa shape index (κ1) is 15.3. The van der Waals surface area contributed by atoms with Gasteiger partial charge in [-0.1, -0.05) is 0 Å². The zero-order valence-electron chi connectivity index (χ0n) is 14.3. The summed E-state index contributed by atoms with van der Waals surface area (Å²) in [5.74, 6) is -1.07. The summed E-state index contributed by atoms with van der Waals surface area (Å²) in [7, 11) is 1.82. The van der Waals surface area contributed by atoms with Crippen molar-refractivity contribution in [2.75, 3.05) is 0 Å². The molecule has 0 aliphatic rings. The van der Waals surface area contributed by atoms with Crippen molar-refractivity contribution in [2.45, 2.75) is 20.8 Å². The van der Waals surface area contributed by atoms with Crippen LogP contribution in [0.25, 0.3) is 27.9 Å². The second-order valence-electron chi connectivity index (χ2n) is 6.15. The van der Waals surface area contributed by atoms with Crippen molar-refractivity contribution in [3.63, 3.8) is 0 Å². The molecule has 1 N–H and O–H groups in total.